The lowest BCUT2D eigenvalue weighted by Crippen LogP contribution is -2.43. The fourth-order valence-corrected chi connectivity index (χ4v) is 5.29. The summed E-state index contributed by atoms with van der Waals surface area (Å²) in [5, 5.41) is 9.04. The van der Waals surface area contributed by atoms with Gasteiger partial charge in [0, 0.05) is 24.5 Å². The van der Waals surface area contributed by atoms with Crippen molar-refractivity contribution < 1.29 is 4.79 Å². The van der Waals surface area contributed by atoms with Crippen molar-refractivity contribution in [3.8, 4) is 0 Å². The van der Waals surface area contributed by atoms with Crippen molar-refractivity contribution in [3.63, 3.8) is 0 Å². The number of piperidine rings is 1. The van der Waals surface area contributed by atoms with E-state index in [0.29, 0.717) is 6.04 Å². The van der Waals surface area contributed by atoms with E-state index in [1.54, 1.807) is 0 Å². The molecule has 2 aliphatic rings. The van der Waals surface area contributed by atoms with E-state index in [2.05, 4.69) is 44.9 Å². The van der Waals surface area contributed by atoms with Crippen molar-refractivity contribution in [1.82, 2.24) is 20.4 Å². The number of guanidine groups is 1. The number of nitrogens with two attached hydrogens (primary N) is 1. The second-order valence-corrected chi connectivity index (χ2v) is 9.30. The van der Waals surface area contributed by atoms with E-state index < -0.39 is 0 Å². The standard InChI is InChI=1S/C22H38N6OS.HI/c1-2-24-22(25-10-7-12-27-11-5-8-18(17-27)21(23)29)26-16-19(20-9-6-15-30-20)28-13-3-4-14-28;/h6,9,15,18-19H,2-5,7-8,10-14,16-17H2,1H3,(H2,23,29)(H2,24,25,26);1H. The molecule has 0 saturated carbocycles. The topological polar surface area (TPSA) is 86.0 Å². The average Bonchev–Trinajstić information content (AvgIpc) is 3.46. The van der Waals surface area contributed by atoms with Crippen LogP contribution in [0, 0.1) is 5.92 Å². The van der Waals surface area contributed by atoms with Crippen molar-refractivity contribution in [3.05, 3.63) is 22.4 Å². The molecule has 9 heteroatoms. The molecule has 0 bridgehead atoms. The van der Waals surface area contributed by atoms with E-state index in [0.717, 1.165) is 64.5 Å². The number of amides is 1. The molecule has 2 fully saturated rings. The van der Waals surface area contributed by atoms with Gasteiger partial charge in [0.15, 0.2) is 5.96 Å². The third-order valence-electron chi connectivity index (χ3n) is 6.07. The first kappa shape index (κ1) is 26.3. The number of hydrogen-bond acceptors (Lipinski definition) is 5. The molecule has 2 aliphatic heterocycles. The summed E-state index contributed by atoms with van der Waals surface area (Å²) in [4.78, 5) is 22.7. The number of nitrogens with zero attached hydrogens (tertiary/aromatic N) is 3. The Bertz CT molecular complexity index is 665. The molecule has 176 valence electrons. The SMILES string of the molecule is CCNC(=NCC(c1cccs1)N1CCCC1)NCCCN1CCCC(C(N)=O)C1.I. The van der Waals surface area contributed by atoms with Gasteiger partial charge < -0.3 is 21.3 Å². The summed E-state index contributed by atoms with van der Waals surface area (Å²) in [6, 6.07) is 4.75. The second-order valence-electron chi connectivity index (χ2n) is 8.32. The molecule has 3 heterocycles. The Morgan fingerprint density at radius 1 is 1.29 bits per heavy atom. The minimum Gasteiger partial charge on any atom is -0.369 e. The molecule has 1 aromatic heterocycles. The molecule has 31 heavy (non-hydrogen) atoms. The zero-order chi connectivity index (χ0) is 21.2. The molecule has 0 radical (unpaired) electrons. The van der Waals surface area contributed by atoms with Crippen LogP contribution >= 0.6 is 35.3 Å². The van der Waals surface area contributed by atoms with Crippen molar-refractivity contribution in [2.24, 2.45) is 16.6 Å². The van der Waals surface area contributed by atoms with Crippen LogP contribution in [-0.4, -0.2) is 74.0 Å². The molecule has 2 saturated heterocycles. The molecular weight excluding hydrogens is 523 g/mol. The second kappa shape index (κ2) is 14.3. The molecule has 1 aromatic rings. The lowest BCUT2D eigenvalue weighted by Gasteiger charge is -2.31. The van der Waals surface area contributed by atoms with E-state index in [9.17, 15) is 4.79 Å². The fraction of sp³-hybridized carbons (Fsp3) is 0.727. The Hall–Kier alpha value is -0.910. The van der Waals surface area contributed by atoms with E-state index in [1.165, 1.54) is 30.8 Å². The smallest absolute Gasteiger partial charge is 0.221 e. The predicted molar refractivity (Wildman–Crippen MR) is 140 cm³/mol. The summed E-state index contributed by atoms with van der Waals surface area (Å²) < 4.78 is 0. The molecular formula is C22H39IN6OS. The van der Waals surface area contributed by atoms with Gasteiger partial charge in [-0.2, -0.15) is 0 Å². The minimum atomic E-state index is -0.155. The summed E-state index contributed by atoms with van der Waals surface area (Å²) in [6.45, 7) is 9.81. The Morgan fingerprint density at radius 3 is 2.77 bits per heavy atom. The largest absolute Gasteiger partial charge is 0.369 e. The molecule has 1 amide bonds. The maximum Gasteiger partial charge on any atom is 0.221 e. The lowest BCUT2D eigenvalue weighted by atomic mass is 9.97. The Balaban J connectivity index is 0.00000341. The summed E-state index contributed by atoms with van der Waals surface area (Å²) in [5.74, 6) is 0.759. The highest BCUT2D eigenvalue weighted by molar-refractivity contribution is 14.0. The first-order valence-corrected chi connectivity index (χ1v) is 12.4. The zero-order valence-electron chi connectivity index (χ0n) is 18.7. The van der Waals surface area contributed by atoms with Gasteiger partial charge in [-0.3, -0.25) is 14.7 Å². The number of carbonyl (C=O) groups is 1. The molecule has 4 N–H and O–H groups in total. The van der Waals surface area contributed by atoms with Gasteiger partial charge in [-0.1, -0.05) is 6.07 Å². The Labute approximate surface area is 208 Å². The molecule has 2 unspecified atom stereocenters. The number of likely N-dealkylation sites (tertiary alicyclic amines) is 2. The lowest BCUT2D eigenvalue weighted by molar-refractivity contribution is -0.123. The van der Waals surface area contributed by atoms with E-state index in [4.69, 9.17) is 10.7 Å². The predicted octanol–water partition coefficient (Wildman–Crippen LogP) is 2.65. The molecule has 0 aliphatic carbocycles. The number of rotatable bonds is 10. The van der Waals surface area contributed by atoms with Crippen LogP contribution in [0.3, 0.4) is 0 Å². The van der Waals surface area contributed by atoms with Crippen LogP contribution in [-0.2, 0) is 4.79 Å². The van der Waals surface area contributed by atoms with Gasteiger partial charge >= 0.3 is 0 Å². The number of thiophene rings is 1. The van der Waals surface area contributed by atoms with E-state index in [-0.39, 0.29) is 35.8 Å². The first-order valence-electron chi connectivity index (χ1n) is 11.5. The summed E-state index contributed by atoms with van der Waals surface area (Å²) in [7, 11) is 0. The van der Waals surface area contributed by atoms with Crippen molar-refractivity contribution in [2.45, 2.75) is 45.1 Å². The summed E-state index contributed by atoms with van der Waals surface area (Å²) in [6.07, 6.45) is 5.60. The van der Waals surface area contributed by atoms with Gasteiger partial charge in [0.25, 0.3) is 0 Å². The quantitative estimate of drug-likeness (QED) is 0.177. The number of nitrogens with one attached hydrogen (secondary N) is 2. The normalized spacial score (nSPS) is 21.5. The Kier molecular flexibility index (Phi) is 12.1. The number of aliphatic imine (C=N–C) groups is 1. The third kappa shape index (κ3) is 8.51. The Morgan fingerprint density at radius 2 is 2.10 bits per heavy atom. The maximum atomic E-state index is 11.5. The number of carbonyl (C=O) groups excluding carboxylic acids is 1. The van der Waals surface area contributed by atoms with Crippen LogP contribution in [0.15, 0.2) is 22.5 Å². The number of primary amides is 1. The van der Waals surface area contributed by atoms with Crippen LogP contribution in [0.4, 0.5) is 0 Å². The highest BCUT2D eigenvalue weighted by Gasteiger charge is 2.25. The van der Waals surface area contributed by atoms with Gasteiger partial charge in [-0.15, -0.1) is 35.3 Å². The molecule has 2 atom stereocenters. The van der Waals surface area contributed by atoms with E-state index >= 15 is 0 Å². The number of hydrogen-bond donors (Lipinski definition) is 3. The zero-order valence-corrected chi connectivity index (χ0v) is 21.9. The highest BCUT2D eigenvalue weighted by Crippen LogP contribution is 2.28. The summed E-state index contributed by atoms with van der Waals surface area (Å²) in [5.41, 5.74) is 5.49. The first-order chi connectivity index (χ1) is 14.7. The van der Waals surface area contributed by atoms with Crippen molar-refractivity contribution in [1.29, 1.82) is 0 Å². The van der Waals surface area contributed by atoms with E-state index in [1.807, 2.05) is 11.3 Å². The molecule has 0 aromatic carbocycles. The van der Waals surface area contributed by atoms with Crippen LogP contribution in [0.2, 0.25) is 0 Å². The minimum absolute atomic E-state index is 0. The van der Waals surface area contributed by atoms with Gasteiger partial charge in [-0.05, 0) is 76.7 Å². The third-order valence-corrected chi connectivity index (χ3v) is 7.04. The van der Waals surface area contributed by atoms with Gasteiger partial charge in [0.05, 0.1) is 18.5 Å². The maximum absolute atomic E-state index is 11.5. The fourth-order valence-electron chi connectivity index (χ4n) is 4.44. The van der Waals surface area contributed by atoms with Crippen molar-refractivity contribution >= 4 is 47.2 Å². The molecule has 7 nitrogen and oxygen atoms in total. The van der Waals surface area contributed by atoms with Crippen LogP contribution in [0.1, 0.15) is 49.9 Å². The summed E-state index contributed by atoms with van der Waals surface area (Å²) >= 11 is 1.83. The van der Waals surface area contributed by atoms with Gasteiger partial charge in [-0.25, -0.2) is 0 Å². The van der Waals surface area contributed by atoms with Crippen LogP contribution in [0.25, 0.3) is 0 Å². The molecule has 3 rings (SSSR count). The van der Waals surface area contributed by atoms with Gasteiger partial charge in [0.1, 0.15) is 0 Å². The van der Waals surface area contributed by atoms with Crippen LogP contribution in [0.5, 0.6) is 0 Å². The highest BCUT2D eigenvalue weighted by atomic mass is 127. The monoisotopic (exact) mass is 562 g/mol. The van der Waals surface area contributed by atoms with Crippen LogP contribution < -0.4 is 16.4 Å². The van der Waals surface area contributed by atoms with Gasteiger partial charge in [0.2, 0.25) is 5.91 Å². The average molecular weight is 563 g/mol. The molecule has 0 spiro atoms. The van der Waals surface area contributed by atoms with Crippen molar-refractivity contribution in [2.75, 3.05) is 52.4 Å². The number of halogens is 1.